The fraction of sp³-hybridized carbons (Fsp3) is 0.125. The first kappa shape index (κ1) is 24.9. The van der Waals surface area contributed by atoms with E-state index in [1.54, 1.807) is 6.07 Å². The first-order valence-electron chi connectivity index (χ1n) is 12.1. The van der Waals surface area contributed by atoms with E-state index in [1.807, 2.05) is 66.9 Å². The van der Waals surface area contributed by atoms with Gasteiger partial charge in [-0.25, -0.2) is 4.98 Å². The molecule has 3 heterocycles. The van der Waals surface area contributed by atoms with E-state index in [-0.39, 0.29) is 32.2 Å². The SMILES string of the molecule is CC(C)(C)c1ccc(O)c(-c2cccc(-c3[c-]c(-n4c5ccccc5c5cccnc54)ccc3)n2)c1.[Pt]. The molecule has 6 rings (SSSR count). The second-order valence-corrected chi connectivity index (χ2v) is 10.1. The third kappa shape index (κ3) is 4.47. The van der Waals surface area contributed by atoms with E-state index in [2.05, 4.69) is 60.7 Å². The molecule has 0 aliphatic rings. The maximum absolute atomic E-state index is 10.6. The minimum Gasteiger partial charge on any atom is -0.507 e. The number of benzene rings is 3. The standard InChI is InChI=1S/C32H26N3O.Pt/c1-32(2,3)22-16-17-30(36)26(20-22)28-14-7-13-27(34-28)21-9-6-10-23(19-21)35-29-15-5-4-11-24(29)25-12-8-18-33-31(25)35;/h4-18,20,36H,1-3H3;/q-1;. The number of phenols is 1. The maximum Gasteiger partial charge on any atom is 0.144 e. The van der Waals surface area contributed by atoms with E-state index >= 15 is 0 Å². The molecule has 0 aliphatic carbocycles. The summed E-state index contributed by atoms with van der Waals surface area (Å²) in [5, 5.41) is 12.9. The zero-order valence-electron chi connectivity index (χ0n) is 20.8. The number of rotatable bonds is 3. The molecule has 0 atom stereocenters. The molecule has 0 amide bonds. The van der Waals surface area contributed by atoms with Gasteiger partial charge in [-0.3, -0.25) is 4.98 Å². The molecule has 0 saturated carbocycles. The van der Waals surface area contributed by atoms with Gasteiger partial charge >= 0.3 is 0 Å². The third-order valence-corrected chi connectivity index (χ3v) is 6.62. The second kappa shape index (κ2) is 9.61. The van der Waals surface area contributed by atoms with Crippen molar-refractivity contribution in [3.8, 4) is 34.0 Å². The van der Waals surface area contributed by atoms with Crippen molar-refractivity contribution in [3.05, 3.63) is 109 Å². The van der Waals surface area contributed by atoms with Crippen LogP contribution in [0.4, 0.5) is 0 Å². The van der Waals surface area contributed by atoms with Crippen molar-refractivity contribution in [2.75, 3.05) is 0 Å². The number of phenolic OH excluding ortho intramolecular Hbond substituents is 1. The number of aromatic hydroxyl groups is 1. The molecule has 1 N–H and O–H groups in total. The van der Waals surface area contributed by atoms with Crippen LogP contribution in [-0.4, -0.2) is 19.6 Å². The zero-order valence-corrected chi connectivity index (χ0v) is 23.1. The van der Waals surface area contributed by atoms with Gasteiger partial charge in [0.15, 0.2) is 0 Å². The molecule has 0 spiro atoms. The van der Waals surface area contributed by atoms with Crippen molar-refractivity contribution in [2.45, 2.75) is 26.2 Å². The van der Waals surface area contributed by atoms with Crippen molar-refractivity contribution in [1.29, 1.82) is 0 Å². The average Bonchev–Trinajstić information content (AvgIpc) is 3.23. The van der Waals surface area contributed by atoms with Gasteiger partial charge in [0.1, 0.15) is 11.4 Å². The first-order chi connectivity index (χ1) is 17.4. The summed E-state index contributed by atoms with van der Waals surface area (Å²) >= 11 is 0. The molecular formula is C32H26N3OPt-. The average molecular weight is 664 g/mol. The van der Waals surface area contributed by atoms with Crippen molar-refractivity contribution in [2.24, 2.45) is 0 Å². The van der Waals surface area contributed by atoms with Gasteiger partial charge in [0, 0.05) is 43.6 Å². The summed E-state index contributed by atoms with van der Waals surface area (Å²) in [6, 6.07) is 33.7. The number of fused-ring (bicyclic) bond motifs is 3. The van der Waals surface area contributed by atoms with Crippen molar-refractivity contribution < 1.29 is 26.2 Å². The molecule has 0 saturated heterocycles. The van der Waals surface area contributed by atoms with Crippen molar-refractivity contribution >= 4 is 21.9 Å². The van der Waals surface area contributed by atoms with Gasteiger partial charge in [-0.15, -0.1) is 29.8 Å². The van der Waals surface area contributed by atoms with Gasteiger partial charge in [0.2, 0.25) is 0 Å². The molecule has 6 aromatic rings. The largest absolute Gasteiger partial charge is 0.507 e. The summed E-state index contributed by atoms with van der Waals surface area (Å²) in [4.78, 5) is 9.62. The van der Waals surface area contributed by atoms with E-state index in [4.69, 9.17) is 4.98 Å². The van der Waals surface area contributed by atoms with Crippen LogP contribution in [0.1, 0.15) is 26.3 Å². The fourth-order valence-corrected chi connectivity index (χ4v) is 4.72. The Morgan fingerprint density at radius 2 is 1.54 bits per heavy atom. The number of para-hydroxylation sites is 1. The Hall–Kier alpha value is -3.75. The van der Waals surface area contributed by atoms with Crippen LogP contribution in [0.2, 0.25) is 0 Å². The molecule has 5 heteroatoms. The number of pyridine rings is 2. The van der Waals surface area contributed by atoms with E-state index in [0.717, 1.165) is 55.7 Å². The molecular weight excluding hydrogens is 637 g/mol. The maximum atomic E-state index is 10.6. The van der Waals surface area contributed by atoms with Gasteiger partial charge in [0.05, 0.1) is 11.2 Å². The molecule has 0 bridgehead atoms. The van der Waals surface area contributed by atoms with Crippen LogP contribution in [0.5, 0.6) is 5.75 Å². The van der Waals surface area contributed by atoms with Crippen LogP contribution in [0.3, 0.4) is 0 Å². The number of nitrogens with zero attached hydrogens (tertiary/aromatic N) is 3. The molecule has 0 radical (unpaired) electrons. The summed E-state index contributed by atoms with van der Waals surface area (Å²) in [6.45, 7) is 6.49. The fourth-order valence-electron chi connectivity index (χ4n) is 4.72. The Morgan fingerprint density at radius 3 is 2.38 bits per heavy atom. The Bertz CT molecular complexity index is 1690. The molecule has 0 unspecified atom stereocenters. The molecule has 186 valence electrons. The summed E-state index contributed by atoms with van der Waals surface area (Å²) < 4.78 is 2.15. The van der Waals surface area contributed by atoms with Gasteiger partial charge in [-0.1, -0.05) is 57.2 Å². The third-order valence-electron chi connectivity index (χ3n) is 6.62. The Balaban J connectivity index is 0.00000280. The van der Waals surface area contributed by atoms with Gasteiger partial charge in [-0.2, -0.15) is 0 Å². The van der Waals surface area contributed by atoms with E-state index in [9.17, 15) is 5.11 Å². The van der Waals surface area contributed by atoms with E-state index < -0.39 is 0 Å². The molecule has 3 aromatic carbocycles. The zero-order chi connectivity index (χ0) is 24.9. The smallest absolute Gasteiger partial charge is 0.144 e. The minimum absolute atomic E-state index is 0. The summed E-state index contributed by atoms with van der Waals surface area (Å²) in [5.41, 5.74) is 7.14. The van der Waals surface area contributed by atoms with Crippen molar-refractivity contribution in [3.63, 3.8) is 0 Å². The van der Waals surface area contributed by atoms with Gasteiger partial charge < -0.3 is 9.67 Å². The van der Waals surface area contributed by atoms with Crippen LogP contribution in [-0.2, 0) is 26.5 Å². The predicted molar refractivity (Wildman–Crippen MR) is 146 cm³/mol. The van der Waals surface area contributed by atoms with Crippen LogP contribution in [0.15, 0.2) is 97.2 Å². The Kier molecular flexibility index (Phi) is 6.47. The minimum atomic E-state index is -0.0292. The molecule has 37 heavy (non-hydrogen) atoms. The number of hydrogen-bond acceptors (Lipinski definition) is 3. The summed E-state index contributed by atoms with van der Waals surface area (Å²) in [7, 11) is 0. The molecule has 4 nitrogen and oxygen atoms in total. The Labute approximate surface area is 230 Å². The number of hydrogen-bond donors (Lipinski definition) is 1. The van der Waals surface area contributed by atoms with Crippen LogP contribution in [0, 0.1) is 6.07 Å². The van der Waals surface area contributed by atoms with Crippen LogP contribution in [0.25, 0.3) is 50.1 Å². The number of aromatic nitrogens is 3. The normalized spacial score (nSPS) is 11.5. The molecule has 3 aromatic heterocycles. The topological polar surface area (TPSA) is 50.9 Å². The van der Waals surface area contributed by atoms with Crippen LogP contribution >= 0.6 is 0 Å². The Morgan fingerprint density at radius 1 is 0.784 bits per heavy atom. The second-order valence-electron chi connectivity index (χ2n) is 10.1. The molecule has 0 aliphatic heterocycles. The predicted octanol–water partition coefficient (Wildman–Crippen LogP) is 7.71. The quantitative estimate of drug-likeness (QED) is 0.198. The van der Waals surface area contributed by atoms with Crippen LogP contribution < -0.4 is 0 Å². The van der Waals surface area contributed by atoms with E-state index in [1.165, 1.54) is 0 Å². The first-order valence-corrected chi connectivity index (χ1v) is 12.1. The van der Waals surface area contributed by atoms with Gasteiger partial charge in [-0.05, 0) is 58.8 Å². The summed E-state index contributed by atoms with van der Waals surface area (Å²) in [6.07, 6.45) is 1.82. The summed E-state index contributed by atoms with van der Waals surface area (Å²) in [5.74, 6) is 0.224. The van der Waals surface area contributed by atoms with Crippen molar-refractivity contribution in [1.82, 2.24) is 14.5 Å². The monoisotopic (exact) mass is 663 g/mol. The van der Waals surface area contributed by atoms with Gasteiger partial charge in [0.25, 0.3) is 0 Å². The molecule has 0 fully saturated rings. The van der Waals surface area contributed by atoms with E-state index in [0.29, 0.717) is 0 Å².